The van der Waals surface area contributed by atoms with E-state index in [-0.39, 0.29) is 19.0 Å². The molecule has 0 aromatic heterocycles. The number of aliphatic hydroxyl groups is 2. The summed E-state index contributed by atoms with van der Waals surface area (Å²) in [5, 5.41) is 18.6. The molecule has 2 rings (SSSR count). The van der Waals surface area contributed by atoms with Gasteiger partial charge in [0, 0.05) is 16.2 Å². The van der Waals surface area contributed by atoms with Crippen LogP contribution in [0.2, 0.25) is 0 Å². The summed E-state index contributed by atoms with van der Waals surface area (Å²) >= 11 is 1.52. The van der Waals surface area contributed by atoms with E-state index in [0.29, 0.717) is 11.3 Å². The van der Waals surface area contributed by atoms with E-state index in [0.717, 1.165) is 10.5 Å². The number of thioether (sulfide) groups is 1. The molecule has 1 aromatic carbocycles. The molecule has 1 heterocycles. The molecule has 16 heavy (non-hydrogen) atoms. The highest BCUT2D eigenvalue weighted by Crippen LogP contribution is 2.39. The smallest absolute Gasteiger partial charge is 0.175 e. The minimum absolute atomic E-state index is 0.147. The van der Waals surface area contributed by atoms with E-state index >= 15 is 0 Å². The van der Waals surface area contributed by atoms with Crippen molar-refractivity contribution < 1.29 is 15.0 Å². The Labute approximate surface area is 98.5 Å². The molecule has 0 aliphatic carbocycles. The van der Waals surface area contributed by atoms with Crippen LogP contribution in [0.3, 0.4) is 0 Å². The Bertz CT molecular complexity index is 424. The van der Waals surface area contributed by atoms with E-state index in [1.807, 2.05) is 19.1 Å². The van der Waals surface area contributed by atoms with Crippen molar-refractivity contribution in [3.8, 4) is 0 Å². The molecule has 0 fully saturated rings. The number of aliphatic hydroxyl groups excluding tert-OH is 2. The van der Waals surface area contributed by atoms with E-state index in [1.54, 1.807) is 6.07 Å². The van der Waals surface area contributed by atoms with Gasteiger partial charge in [0.2, 0.25) is 0 Å². The van der Waals surface area contributed by atoms with Crippen LogP contribution in [0.5, 0.6) is 0 Å². The van der Waals surface area contributed by atoms with Crippen LogP contribution in [0.1, 0.15) is 15.9 Å². The third-order valence-electron chi connectivity index (χ3n) is 2.97. The third-order valence-corrected chi connectivity index (χ3v) is 4.32. The average molecular weight is 238 g/mol. The molecule has 2 N–H and O–H groups in total. The molecular weight excluding hydrogens is 224 g/mol. The molecule has 0 radical (unpaired) electrons. The van der Waals surface area contributed by atoms with Gasteiger partial charge in [0.1, 0.15) is 0 Å². The van der Waals surface area contributed by atoms with Gasteiger partial charge >= 0.3 is 0 Å². The van der Waals surface area contributed by atoms with Crippen molar-refractivity contribution in [2.45, 2.75) is 11.8 Å². The lowest BCUT2D eigenvalue weighted by atomic mass is 9.83. The number of carbonyl (C=O) groups is 1. The monoisotopic (exact) mass is 238 g/mol. The molecule has 1 aliphatic heterocycles. The molecule has 1 aliphatic rings. The Morgan fingerprint density at radius 1 is 1.38 bits per heavy atom. The van der Waals surface area contributed by atoms with Crippen LogP contribution in [0.15, 0.2) is 23.1 Å². The van der Waals surface area contributed by atoms with Crippen molar-refractivity contribution >= 4 is 17.5 Å². The topological polar surface area (TPSA) is 57.5 Å². The predicted octanol–water partition coefficient (Wildman–Crippen LogP) is 1.25. The maximum Gasteiger partial charge on any atom is 0.175 e. The van der Waals surface area contributed by atoms with Crippen molar-refractivity contribution in [1.29, 1.82) is 0 Å². The van der Waals surface area contributed by atoms with Crippen LogP contribution in [0, 0.1) is 12.3 Å². The summed E-state index contributed by atoms with van der Waals surface area (Å²) in [5.74, 6) is 0.293. The molecule has 0 unspecified atom stereocenters. The van der Waals surface area contributed by atoms with Crippen LogP contribution in [-0.2, 0) is 0 Å². The van der Waals surface area contributed by atoms with Crippen LogP contribution >= 0.6 is 11.8 Å². The Morgan fingerprint density at radius 2 is 2.06 bits per heavy atom. The highest BCUT2D eigenvalue weighted by atomic mass is 32.2. The van der Waals surface area contributed by atoms with Gasteiger partial charge in [0.25, 0.3) is 0 Å². The molecule has 86 valence electrons. The molecule has 0 amide bonds. The standard InChI is InChI=1S/C12H14O3S/c1-8-2-3-9-10(4-8)16-7-12(5-13,6-14)11(9)15/h2-4,13-14H,5-7H2,1H3. The summed E-state index contributed by atoms with van der Waals surface area (Å²) in [6.07, 6.45) is 0. The number of hydrogen-bond donors (Lipinski definition) is 2. The van der Waals surface area contributed by atoms with Gasteiger partial charge in [-0.05, 0) is 24.6 Å². The summed E-state index contributed by atoms with van der Waals surface area (Å²) in [6.45, 7) is 1.37. The lowest BCUT2D eigenvalue weighted by Gasteiger charge is -2.32. The first-order chi connectivity index (χ1) is 7.63. The Balaban J connectivity index is 2.47. The normalized spacial score (nSPS) is 18.3. The molecule has 0 saturated carbocycles. The lowest BCUT2D eigenvalue weighted by molar-refractivity contribution is 0.0489. The van der Waals surface area contributed by atoms with Crippen molar-refractivity contribution in [1.82, 2.24) is 0 Å². The van der Waals surface area contributed by atoms with Gasteiger partial charge in [-0.25, -0.2) is 0 Å². The first-order valence-electron chi connectivity index (χ1n) is 5.13. The van der Waals surface area contributed by atoms with E-state index < -0.39 is 5.41 Å². The van der Waals surface area contributed by atoms with Crippen molar-refractivity contribution in [3.63, 3.8) is 0 Å². The van der Waals surface area contributed by atoms with Crippen molar-refractivity contribution in [3.05, 3.63) is 29.3 Å². The number of carbonyl (C=O) groups excluding carboxylic acids is 1. The quantitative estimate of drug-likeness (QED) is 0.814. The van der Waals surface area contributed by atoms with Crippen LogP contribution < -0.4 is 0 Å². The van der Waals surface area contributed by atoms with E-state index in [4.69, 9.17) is 0 Å². The van der Waals surface area contributed by atoms with Crippen LogP contribution in [0.4, 0.5) is 0 Å². The third kappa shape index (κ3) is 1.67. The summed E-state index contributed by atoms with van der Waals surface area (Å²) in [5.41, 5.74) is 0.719. The summed E-state index contributed by atoms with van der Waals surface area (Å²) in [6, 6.07) is 5.62. The number of rotatable bonds is 2. The lowest BCUT2D eigenvalue weighted by Crippen LogP contribution is -2.43. The highest BCUT2D eigenvalue weighted by Gasteiger charge is 2.42. The molecule has 0 spiro atoms. The number of benzene rings is 1. The molecule has 1 aromatic rings. The fourth-order valence-corrected chi connectivity index (χ4v) is 3.12. The second-order valence-corrected chi connectivity index (χ2v) is 5.23. The Kier molecular flexibility index (Phi) is 3.06. The average Bonchev–Trinajstić information content (AvgIpc) is 2.30. The molecule has 3 nitrogen and oxygen atoms in total. The molecular formula is C12H14O3S. The largest absolute Gasteiger partial charge is 0.395 e. The van der Waals surface area contributed by atoms with Gasteiger partial charge in [-0.3, -0.25) is 4.79 Å². The maximum absolute atomic E-state index is 12.2. The summed E-state index contributed by atoms with van der Waals surface area (Å²) < 4.78 is 0. The second-order valence-electron chi connectivity index (χ2n) is 4.21. The maximum atomic E-state index is 12.2. The van der Waals surface area contributed by atoms with E-state index in [9.17, 15) is 15.0 Å². The van der Waals surface area contributed by atoms with Crippen molar-refractivity contribution in [2.75, 3.05) is 19.0 Å². The minimum Gasteiger partial charge on any atom is -0.395 e. The number of hydrogen-bond acceptors (Lipinski definition) is 4. The van der Waals surface area contributed by atoms with E-state index in [1.165, 1.54) is 11.8 Å². The molecule has 0 atom stereocenters. The summed E-state index contributed by atoms with van der Waals surface area (Å²) in [7, 11) is 0. The van der Waals surface area contributed by atoms with E-state index in [2.05, 4.69) is 0 Å². The molecule has 0 bridgehead atoms. The fourth-order valence-electron chi connectivity index (χ4n) is 1.79. The molecule has 0 saturated heterocycles. The van der Waals surface area contributed by atoms with Gasteiger partial charge in [-0.2, -0.15) is 0 Å². The Morgan fingerprint density at radius 3 is 2.69 bits per heavy atom. The number of Topliss-reactive ketones (excluding diaryl/α,β-unsaturated/α-hetero) is 1. The predicted molar refractivity (Wildman–Crippen MR) is 62.8 cm³/mol. The molecule has 4 heteroatoms. The van der Waals surface area contributed by atoms with Crippen LogP contribution in [-0.4, -0.2) is 35.0 Å². The summed E-state index contributed by atoms with van der Waals surface area (Å²) in [4.78, 5) is 13.1. The van der Waals surface area contributed by atoms with Crippen LogP contribution in [0.25, 0.3) is 0 Å². The zero-order valence-corrected chi connectivity index (χ0v) is 9.88. The Hall–Kier alpha value is -0.840. The van der Waals surface area contributed by atoms with Gasteiger partial charge in [0.15, 0.2) is 5.78 Å². The van der Waals surface area contributed by atoms with Gasteiger partial charge in [-0.15, -0.1) is 11.8 Å². The van der Waals surface area contributed by atoms with Gasteiger partial charge in [0.05, 0.1) is 18.6 Å². The fraction of sp³-hybridized carbons (Fsp3) is 0.417. The zero-order valence-electron chi connectivity index (χ0n) is 9.06. The van der Waals surface area contributed by atoms with Crippen molar-refractivity contribution in [2.24, 2.45) is 5.41 Å². The first-order valence-corrected chi connectivity index (χ1v) is 6.11. The number of aryl methyl sites for hydroxylation is 1. The highest BCUT2D eigenvalue weighted by molar-refractivity contribution is 7.99. The SMILES string of the molecule is Cc1ccc2c(c1)SCC(CO)(CO)C2=O. The minimum atomic E-state index is -1.01. The number of ketones is 1. The second kappa shape index (κ2) is 4.20. The van der Waals surface area contributed by atoms with Gasteiger partial charge < -0.3 is 10.2 Å². The first kappa shape index (κ1) is 11.6. The zero-order chi connectivity index (χ0) is 11.8. The van der Waals surface area contributed by atoms with Gasteiger partial charge in [-0.1, -0.05) is 6.07 Å². The number of fused-ring (bicyclic) bond motifs is 1.